The Labute approximate surface area is 232 Å². The summed E-state index contributed by atoms with van der Waals surface area (Å²) in [6.07, 6.45) is 1.76. The number of ether oxygens (including phenoxy) is 1. The monoisotopic (exact) mass is 549 g/mol. The average molecular weight is 550 g/mol. The van der Waals surface area contributed by atoms with Crippen LogP contribution in [0.2, 0.25) is 5.02 Å². The molecule has 2 aromatic heterocycles. The summed E-state index contributed by atoms with van der Waals surface area (Å²) in [5, 5.41) is 8.23. The first kappa shape index (κ1) is 26.2. The lowest BCUT2D eigenvalue weighted by molar-refractivity contribution is 0.313. The fourth-order valence-corrected chi connectivity index (χ4v) is 5.81. The van der Waals surface area contributed by atoms with Crippen molar-refractivity contribution in [1.82, 2.24) is 19.9 Å². The lowest BCUT2D eigenvalue weighted by Crippen LogP contribution is -2.44. The summed E-state index contributed by atoms with van der Waals surface area (Å²) < 4.78 is 5.51. The molecule has 0 saturated carbocycles. The van der Waals surface area contributed by atoms with Crippen LogP contribution in [-0.4, -0.2) is 66.7 Å². The molecule has 38 heavy (non-hydrogen) atoms. The minimum absolute atomic E-state index is 0.497. The van der Waals surface area contributed by atoms with Crippen LogP contribution in [0.1, 0.15) is 12.5 Å². The topological polar surface area (TPSA) is 78.4 Å². The summed E-state index contributed by atoms with van der Waals surface area (Å²) in [7, 11) is 3.82. The van der Waals surface area contributed by atoms with Gasteiger partial charge < -0.3 is 25.2 Å². The van der Waals surface area contributed by atoms with E-state index in [2.05, 4.69) is 58.4 Å². The Hall–Kier alpha value is -3.40. The number of aromatic nitrogens is 3. The molecule has 8 nitrogen and oxygen atoms in total. The van der Waals surface area contributed by atoms with E-state index in [1.807, 2.05) is 30.3 Å². The minimum Gasteiger partial charge on any atom is -0.497 e. The molecule has 2 aromatic carbocycles. The number of hydrogen-bond donors (Lipinski definition) is 2. The molecule has 0 bridgehead atoms. The van der Waals surface area contributed by atoms with E-state index in [1.54, 1.807) is 24.6 Å². The molecule has 0 unspecified atom stereocenters. The predicted molar refractivity (Wildman–Crippen MR) is 158 cm³/mol. The molecule has 0 amide bonds. The van der Waals surface area contributed by atoms with Crippen molar-refractivity contribution in [1.29, 1.82) is 0 Å². The Morgan fingerprint density at radius 1 is 1.05 bits per heavy atom. The molecule has 3 heterocycles. The number of aryl methyl sites for hydroxylation is 1. The molecule has 4 aromatic rings. The summed E-state index contributed by atoms with van der Waals surface area (Å²) in [6.45, 7) is 8.88. The van der Waals surface area contributed by atoms with Gasteiger partial charge >= 0.3 is 0 Å². The molecule has 0 aliphatic carbocycles. The van der Waals surface area contributed by atoms with Gasteiger partial charge in [0.1, 0.15) is 5.75 Å². The van der Waals surface area contributed by atoms with Crippen LogP contribution in [0.5, 0.6) is 5.75 Å². The van der Waals surface area contributed by atoms with E-state index < -0.39 is 0 Å². The first-order chi connectivity index (χ1) is 18.4. The number of nitrogens with zero attached hydrogens (tertiary/aromatic N) is 5. The molecule has 10 heteroatoms. The maximum atomic E-state index is 6.69. The van der Waals surface area contributed by atoms with Crippen LogP contribution < -0.4 is 20.3 Å². The summed E-state index contributed by atoms with van der Waals surface area (Å²) in [5.74, 6) is 1.29. The van der Waals surface area contributed by atoms with Gasteiger partial charge in [0.15, 0.2) is 5.13 Å². The van der Waals surface area contributed by atoms with Gasteiger partial charge in [-0.15, -0.1) is 0 Å². The van der Waals surface area contributed by atoms with Gasteiger partial charge in [-0.25, -0.2) is 15.0 Å². The summed E-state index contributed by atoms with van der Waals surface area (Å²) in [4.78, 5) is 19.8. The Morgan fingerprint density at radius 2 is 1.87 bits per heavy atom. The number of thiazole rings is 1. The zero-order chi connectivity index (χ0) is 26.6. The molecule has 198 valence electrons. The largest absolute Gasteiger partial charge is 0.497 e. The average Bonchev–Trinajstić information content (AvgIpc) is 3.34. The van der Waals surface area contributed by atoms with E-state index in [1.165, 1.54) is 0 Å². The number of nitrogens with one attached hydrogen (secondary N) is 2. The van der Waals surface area contributed by atoms with Crippen LogP contribution >= 0.6 is 22.9 Å². The van der Waals surface area contributed by atoms with Crippen molar-refractivity contribution < 1.29 is 4.74 Å². The van der Waals surface area contributed by atoms with Crippen molar-refractivity contribution in [2.75, 3.05) is 62.4 Å². The maximum absolute atomic E-state index is 6.69. The standard InChI is InChI=1S/C28H32ClN7OS/c1-5-30-28-34-25(19-14-18(2)15-21(16-19)37-4)26(38-28)23-8-9-31-27(33-23)32-20-6-7-24(22(29)17-20)36-12-10-35(3)11-13-36/h6-9,14-17H,5,10-13H2,1-4H3,(H,30,34)(H,31,32,33). The Morgan fingerprint density at radius 3 is 2.61 bits per heavy atom. The highest BCUT2D eigenvalue weighted by Gasteiger charge is 2.19. The van der Waals surface area contributed by atoms with Crippen molar-refractivity contribution in [3.63, 3.8) is 0 Å². The first-order valence-electron chi connectivity index (χ1n) is 12.7. The Kier molecular flexibility index (Phi) is 7.97. The molecule has 0 radical (unpaired) electrons. The minimum atomic E-state index is 0.497. The highest BCUT2D eigenvalue weighted by Crippen LogP contribution is 2.40. The van der Waals surface area contributed by atoms with Gasteiger partial charge in [0.05, 0.1) is 34.1 Å². The van der Waals surface area contributed by atoms with Crippen molar-refractivity contribution in [2.45, 2.75) is 13.8 Å². The third kappa shape index (κ3) is 5.85. The molecule has 1 saturated heterocycles. The number of hydrogen-bond acceptors (Lipinski definition) is 9. The van der Waals surface area contributed by atoms with Crippen LogP contribution in [0.25, 0.3) is 21.8 Å². The normalized spacial score (nSPS) is 14.0. The number of likely N-dealkylation sites (N-methyl/N-ethyl adjacent to an activating group) is 1. The molecule has 2 N–H and O–H groups in total. The Bertz CT molecular complexity index is 1420. The third-order valence-corrected chi connectivity index (χ3v) is 7.79. The van der Waals surface area contributed by atoms with Gasteiger partial charge in [-0.05, 0) is 68.9 Å². The van der Waals surface area contributed by atoms with Crippen LogP contribution in [-0.2, 0) is 0 Å². The van der Waals surface area contributed by atoms with Gasteiger partial charge in [-0.2, -0.15) is 0 Å². The lowest BCUT2D eigenvalue weighted by Gasteiger charge is -2.34. The summed E-state index contributed by atoms with van der Waals surface area (Å²) in [5.41, 5.74) is 5.63. The number of benzene rings is 2. The SMILES string of the molecule is CCNc1nc(-c2cc(C)cc(OC)c2)c(-c2ccnc(Nc3ccc(N4CCN(C)CC4)c(Cl)c3)n2)s1. The highest BCUT2D eigenvalue weighted by molar-refractivity contribution is 7.19. The lowest BCUT2D eigenvalue weighted by atomic mass is 10.1. The van der Waals surface area contributed by atoms with E-state index in [4.69, 9.17) is 26.3 Å². The smallest absolute Gasteiger partial charge is 0.227 e. The van der Waals surface area contributed by atoms with Crippen molar-refractivity contribution in [2.24, 2.45) is 0 Å². The molecule has 0 spiro atoms. The van der Waals surface area contributed by atoms with Crippen molar-refractivity contribution in [3.05, 3.63) is 59.2 Å². The molecule has 1 aliphatic heterocycles. The molecule has 1 aliphatic rings. The van der Waals surface area contributed by atoms with Crippen LogP contribution in [0.15, 0.2) is 48.7 Å². The number of anilines is 4. The van der Waals surface area contributed by atoms with E-state index >= 15 is 0 Å². The summed E-state index contributed by atoms with van der Waals surface area (Å²) >= 11 is 8.27. The van der Waals surface area contributed by atoms with Crippen LogP contribution in [0.3, 0.4) is 0 Å². The molecule has 5 rings (SSSR count). The van der Waals surface area contributed by atoms with Gasteiger partial charge in [0.2, 0.25) is 5.95 Å². The van der Waals surface area contributed by atoms with Gasteiger partial charge in [-0.1, -0.05) is 22.9 Å². The molecular weight excluding hydrogens is 518 g/mol. The second-order valence-corrected chi connectivity index (χ2v) is 10.7. The van der Waals surface area contributed by atoms with Crippen LogP contribution in [0, 0.1) is 6.92 Å². The van der Waals surface area contributed by atoms with Crippen molar-refractivity contribution >= 4 is 45.4 Å². The molecular formula is C28H32ClN7OS. The van der Waals surface area contributed by atoms with E-state index in [9.17, 15) is 0 Å². The first-order valence-corrected chi connectivity index (χ1v) is 13.9. The molecule has 1 fully saturated rings. The predicted octanol–water partition coefficient (Wildman–Crippen LogP) is 6.16. The highest BCUT2D eigenvalue weighted by atomic mass is 35.5. The summed E-state index contributed by atoms with van der Waals surface area (Å²) in [6, 6.07) is 14.1. The van der Waals surface area contributed by atoms with Crippen LogP contribution in [0.4, 0.5) is 22.5 Å². The number of methoxy groups -OCH3 is 1. The zero-order valence-electron chi connectivity index (χ0n) is 22.1. The number of piperazine rings is 1. The number of halogens is 1. The Balaban J connectivity index is 1.43. The molecule has 0 atom stereocenters. The van der Waals surface area contributed by atoms with Crippen molar-refractivity contribution in [3.8, 4) is 27.6 Å². The fourth-order valence-electron chi connectivity index (χ4n) is 4.48. The fraction of sp³-hybridized carbons (Fsp3) is 0.321. The van der Waals surface area contributed by atoms with Gasteiger partial charge in [0, 0.05) is 50.2 Å². The van der Waals surface area contributed by atoms with E-state index in [0.29, 0.717) is 11.0 Å². The van der Waals surface area contributed by atoms with Gasteiger partial charge in [0.25, 0.3) is 0 Å². The second-order valence-electron chi connectivity index (χ2n) is 9.31. The van der Waals surface area contributed by atoms with E-state index in [0.717, 1.165) is 82.4 Å². The van der Waals surface area contributed by atoms with E-state index in [-0.39, 0.29) is 0 Å². The van der Waals surface area contributed by atoms with Gasteiger partial charge in [-0.3, -0.25) is 0 Å². The quantitative estimate of drug-likeness (QED) is 0.270. The zero-order valence-corrected chi connectivity index (χ0v) is 23.7. The third-order valence-electron chi connectivity index (χ3n) is 6.45. The second kappa shape index (κ2) is 11.6. The maximum Gasteiger partial charge on any atom is 0.227 e. The number of rotatable bonds is 8.